The zero-order valence-electron chi connectivity index (χ0n) is 11.7. The van der Waals surface area contributed by atoms with Crippen LogP contribution in [0.1, 0.15) is 6.42 Å². The lowest BCUT2D eigenvalue weighted by Crippen LogP contribution is -2.13. The predicted octanol–water partition coefficient (Wildman–Crippen LogP) is 2.72. The minimum atomic E-state index is -0.262. The summed E-state index contributed by atoms with van der Waals surface area (Å²) in [6.07, 6.45) is 0.271. The van der Waals surface area contributed by atoms with Gasteiger partial charge in [-0.25, -0.2) is 0 Å². The molecule has 0 saturated heterocycles. The fraction of sp³-hybridized carbons (Fsp3) is 0.176. The van der Waals surface area contributed by atoms with Crippen LogP contribution in [0.25, 0.3) is 21.8 Å². The third-order valence-corrected chi connectivity index (χ3v) is 3.65. The van der Waals surface area contributed by atoms with Crippen molar-refractivity contribution in [2.75, 3.05) is 7.11 Å². The maximum absolute atomic E-state index is 12.5. The van der Waals surface area contributed by atoms with Crippen LogP contribution in [0, 0.1) is 0 Å². The third kappa shape index (κ3) is 2.29. The van der Waals surface area contributed by atoms with E-state index in [1.54, 1.807) is 0 Å². The van der Waals surface area contributed by atoms with Crippen molar-refractivity contribution in [3.63, 3.8) is 0 Å². The molecular weight excluding hydrogens is 266 g/mol. The van der Waals surface area contributed by atoms with Gasteiger partial charge < -0.3 is 9.30 Å². The van der Waals surface area contributed by atoms with Gasteiger partial charge in [-0.2, -0.15) is 0 Å². The van der Waals surface area contributed by atoms with Gasteiger partial charge in [0.15, 0.2) is 5.43 Å². The Hall–Kier alpha value is -2.62. The highest BCUT2D eigenvalue weighted by Gasteiger charge is 2.11. The molecule has 3 rings (SSSR count). The summed E-state index contributed by atoms with van der Waals surface area (Å²) < 4.78 is 6.71. The number of methoxy groups -OCH3 is 1. The zero-order valence-corrected chi connectivity index (χ0v) is 11.7. The second-order valence-corrected chi connectivity index (χ2v) is 4.84. The van der Waals surface area contributed by atoms with Gasteiger partial charge in [0.1, 0.15) is 0 Å². The van der Waals surface area contributed by atoms with Crippen molar-refractivity contribution in [3.05, 3.63) is 58.8 Å². The highest BCUT2D eigenvalue weighted by Crippen LogP contribution is 2.19. The number of fused-ring (bicyclic) bond motifs is 2. The van der Waals surface area contributed by atoms with Crippen molar-refractivity contribution >= 4 is 27.8 Å². The van der Waals surface area contributed by atoms with Gasteiger partial charge in [0, 0.05) is 17.3 Å². The topological polar surface area (TPSA) is 48.3 Å². The molecule has 4 nitrogen and oxygen atoms in total. The molecule has 0 unspecified atom stereocenters. The molecule has 0 fully saturated rings. The normalized spacial score (nSPS) is 10.9. The first-order chi connectivity index (χ1) is 10.2. The fourth-order valence-corrected chi connectivity index (χ4v) is 2.62. The molecule has 1 heterocycles. The van der Waals surface area contributed by atoms with Gasteiger partial charge >= 0.3 is 5.97 Å². The van der Waals surface area contributed by atoms with Crippen molar-refractivity contribution in [2.45, 2.75) is 13.0 Å². The van der Waals surface area contributed by atoms with Crippen LogP contribution in [-0.2, 0) is 16.1 Å². The van der Waals surface area contributed by atoms with Crippen molar-refractivity contribution < 1.29 is 9.53 Å². The average Bonchev–Trinajstić information content (AvgIpc) is 2.54. The smallest absolute Gasteiger partial charge is 0.307 e. The van der Waals surface area contributed by atoms with Crippen LogP contribution >= 0.6 is 0 Å². The van der Waals surface area contributed by atoms with Crippen LogP contribution in [0.3, 0.4) is 0 Å². The lowest BCUT2D eigenvalue weighted by Gasteiger charge is -2.14. The number of aromatic nitrogens is 1. The summed E-state index contributed by atoms with van der Waals surface area (Å²) in [5.74, 6) is -0.262. The number of ether oxygens (including phenoxy) is 1. The molecule has 0 amide bonds. The Labute approximate surface area is 121 Å². The Morgan fingerprint density at radius 2 is 1.52 bits per heavy atom. The highest BCUT2D eigenvalue weighted by atomic mass is 16.5. The van der Waals surface area contributed by atoms with E-state index >= 15 is 0 Å². The molecule has 1 aromatic heterocycles. The second-order valence-electron chi connectivity index (χ2n) is 4.84. The van der Waals surface area contributed by atoms with Crippen LogP contribution < -0.4 is 5.43 Å². The van der Waals surface area contributed by atoms with Crippen molar-refractivity contribution in [3.8, 4) is 0 Å². The molecule has 106 valence electrons. The van der Waals surface area contributed by atoms with Crippen molar-refractivity contribution in [1.82, 2.24) is 4.57 Å². The maximum Gasteiger partial charge on any atom is 0.307 e. The van der Waals surface area contributed by atoms with Crippen LogP contribution in [0.4, 0.5) is 0 Å². The number of rotatable bonds is 3. The summed E-state index contributed by atoms with van der Waals surface area (Å²) >= 11 is 0. The number of hydrogen-bond donors (Lipinski definition) is 0. The molecule has 0 bridgehead atoms. The van der Waals surface area contributed by atoms with E-state index < -0.39 is 0 Å². The Morgan fingerprint density at radius 1 is 1.00 bits per heavy atom. The van der Waals surface area contributed by atoms with Crippen LogP contribution in [0.5, 0.6) is 0 Å². The summed E-state index contributed by atoms with van der Waals surface area (Å²) in [7, 11) is 1.38. The molecule has 21 heavy (non-hydrogen) atoms. The minimum Gasteiger partial charge on any atom is -0.469 e. The third-order valence-electron chi connectivity index (χ3n) is 3.65. The number of hydrogen-bond acceptors (Lipinski definition) is 3. The molecule has 0 spiro atoms. The van der Waals surface area contributed by atoms with Crippen molar-refractivity contribution in [2.24, 2.45) is 0 Å². The lowest BCUT2D eigenvalue weighted by molar-refractivity contribution is -0.140. The van der Waals surface area contributed by atoms with E-state index in [9.17, 15) is 9.59 Å². The number of carbonyl (C=O) groups excluding carboxylic acids is 1. The van der Waals surface area contributed by atoms with E-state index in [4.69, 9.17) is 4.74 Å². The quantitative estimate of drug-likeness (QED) is 0.548. The van der Waals surface area contributed by atoms with Gasteiger partial charge in [0.2, 0.25) is 0 Å². The fourth-order valence-electron chi connectivity index (χ4n) is 2.62. The van der Waals surface area contributed by atoms with Gasteiger partial charge in [0.25, 0.3) is 0 Å². The van der Waals surface area contributed by atoms with Crippen LogP contribution in [-0.4, -0.2) is 17.6 Å². The lowest BCUT2D eigenvalue weighted by atomic mass is 10.1. The Kier molecular flexibility index (Phi) is 3.44. The van der Waals surface area contributed by atoms with E-state index in [2.05, 4.69) is 0 Å². The monoisotopic (exact) mass is 281 g/mol. The summed E-state index contributed by atoms with van der Waals surface area (Å²) in [6, 6.07) is 14.9. The first-order valence-electron chi connectivity index (χ1n) is 6.79. The maximum atomic E-state index is 12.5. The molecular formula is C17H15NO3. The van der Waals surface area contributed by atoms with Gasteiger partial charge in [-0.1, -0.05) is 24.3 Å². The molecule has 0 aliphatic rings. The number of nitrogens with zero attached hydrogens (tertiary/aromatic N) is 1. The second kappa shape index (κ2) is 5.40. The summed E-state index contributed by atoms with van der Waals surface area (Å²) in [4.78, 5) is 24.0. The molecule has 0 aliphatic heterocycles. The van der Waals surface area contributed by atoms with Crippen LogP contribution in [0.15, 0.2) is 53.3 Å². The van der Waals surface area contributed by atoms with Gasteiger partial charge in [0.05, 0.1) is 24.6 Å². The number of aryl methyl sites for hydroxylation is 1. The van der Waals surface area contributed by atoms with E-state index in [-0.39, 0.29) is 17.8 Å². The largest absolute Gasteiger partial charge is 0.469 e. The van der Waals surface area contributed by atoms with E-state index in [0.29, 0.717) is 17.3 Å². The van der Waals surface area contributed by atoms with E-state index in [1.807, 2.05) is 53.1 Å². The number of para-hydroxylation sites is 2. The number of carbonyl (C=O) groups is 1. The molecule has 0 aliphatic carbocycles. The SMILES string of the molecule is COC(=O)CCn1c2ccccc2c(=O)c2ccccc21. The Balaban J connectivity index is 2.29. The number of benzene rings is 2. The molecule has 0 saturated carbocycles. The molecule has 2 aromatic carbocycles. The van der Waals surface area contributed by atoms with Gasteiger partial charge in [-0.05, 0) is 24.3 Å². The number of esters is 1. The number of pyridine rings is 1. The van der Waals surface area contributed by atoms with E-state index in [1.165, 1.54) is 7.11 Å². The van der Waals surface area contributed by atoms with Crippen LogP contribution in [0.2, 0.25) is 0 Å². The zero-order chi connectivity index (χ0) is 14.8. The van der Waals surface area contributed by atoms with Gasteiger partial charge in [-0.3, -0.25) is 9.59 Å². The average molecular weight is 281 g/mol. The van der Waals surface area contributed by atoms with Crippen molar-refractivity contribution in [1.29, 1.82) is 0 Å². The standard InChI is InChI=1S/C17H15NO3/c1-21-16(19)10-11-18-14-8-4-2-6-12(14)17(20)13-7-3-5-9-15(13)18/h2-9H,10-11H2,1H3. The summed E-state index contributed by atoms with van der Waals surface area (Å²) in [5.41, 5.74) is 1.70. The Morgan fingerprint density at radius 3 is 2.05 bits per heavy atom. The molecule has 4 heteroatoms. The molecule has 0 radical (unpaired) electrons. The van der Waals surface area contributed by atoms with E-state index in [0.717, 1.165) is 11.0 Å². The molecule has 3 aromatic rings. The molecule has 0 N–H and O–H groups in total. The summed E-state index contributed by atoms with van der Waals surface area (Å²) in [5, 5.41) is 1.34. The Bertz CT molecular complexity index is 820. The minimum absolute atomic E-state index is 0.0236. The molecule has 0 atom stereocenters. The first-order valence-corrected chi connectivity index (χ1v) is 6.79. The highest BCUT2D eigenvalue weighted by molar-refractivity contribution is 5.93. The summed E-state index contributed by atoms with van der Waals surface area (Å²) in [6.45, 7) is 0.480. The van der Waals surface area contributed by atoms with Gasteiger partial charge in [-0.15, -0.1) is 0 Å². The predicted molar refractivity (Wildman–Crippen MR) is 82.3 cm³/mol. The first kappa shape index (κ1) is 13.4.